The maximum Gasteiger partial charge on any atom is 0.243 e. The number of aryl methyl sites for hydroxylation is 2. The van der Waals surface area contributed by atoms with Crippen LogP contribution in [0, 0.1) is 13.8 Å². The van der Waals surface area contributed by atoms with Crippen molar-refractivity contribution in [2.75, 3.05) is 13.7 Å². The van der Waals surface area contributed by atoms with E-state index in [4.69, 9.17) is 20.9 Å². The topological polar surface area (TPSA) is 84.7 Å². The summed E-state index contributed by atoms with van der Waals surface area (Å²) in [6.45, 7) is 4.86. The molecule has 0 radical (unpaired) electrons. The predicted octanol–water partition coefficient (Wildman–Crippen LogP) is 4.49. The van der Waals surface area contributed by atoms with Gasteiger partial charge in [0.1, 0.15) is 17.6 Å². The van der Waals surface area contributed by atoms with Crippen molar-refractivity contribution in [1.82, 2.24) is 15.4 Å². The number of hydrogen-bond donors (Lipinski definition) is 1. The summed E-state index contributed by atoms with van der Waals surface area (Å²) in [5.41, 5.74) is 2.96. The summed E-state index contributed by atoms with van der Waals surface area (Å²) in [6, 6.07) is 16.6. The van der Waals surface area contributed by atoms with Gasteiger partial charge < -0.3 is 19.5 Å². The lowest BCUT2D eigenvalue weighted by Gasteiger charge is -2.23. The van der Waals surface area contributed by atoms with Crippen molar-refractivity contribution in [2.24, 2.45) is 0 Å². The summed E-state index contributed by atoms with van der Waals surface area (Å²) < 4.78 is 10.1. The molecule has 1 aliphatic heterocycles. The van der Waals surface area contributed by atoms with Crippen LogP contribution >= 0.6 is 11.6 Å². The van der Waals surface area contributed by atoms with E-state index in [0.717, 1.165) is 23.4 Å². The monoisotopic (exact) mass is 483 g/mol. The van der Waals surface area contributed by atoms with Crippen molar-refractivity contribution in [3.05, 3.63) is 82.2 Å². The molecule has 1 aromatic heterocycles. The van der Waals surface area contributed by atoms with Gasteiger partial charge in [-0.25, -0.2) is 0 Å². The number of halogens is 1. The van der Waals surface area contributed by atoms with E-state index in [2.05, 4.69) is 17.4 Å². The quantitative estimate of drug-likeness (QED) is 0.558. The Bertz CT molecular complexity index is 1080. The molecule has 2 amide bonds. The Morgan fingerprint density at radius 3 is 2.47 bits per heavy atom. The number of amides is 2. The Morgan fingerprint density at radius 2 is 1.85 bits per heavy atom. The average molecular weight is 484 g/mol. The minimum absolute atomic E-state index is 0.111. The molecule has 4 rings (SSSR count). The number of likely N-dealkylation sites (tertiary alicyclic amines) is 1. The fourth-order valence-electron chi connectivity index (χ4n) is 3.67. The van der Waals surface area contributed by atoms with Crippen molar-refractivity contribution < 1.29 is 18.8 Å². The third kappa shape index (κ3) is 7.35. The first kappa shape index (κ1) is 25.3. The minimum Gasteiger partial charge on any atom is -0.497 e. The fraction of sp³-hybridized carbons (Fsp3) is 0.346. The first-order chi connectivity index (χ1) is 16.4. The van der Waals surface area contributed by atoms with Crippen LogP contribution in [0.15, 0.2) is 59.1 Å². The van der Waals surface area contributed by atoms with Crippen LogP contribution in [0.25, 0.3) is 0 Å². The van der Waals surface area contributed by atoms with Crippen LogP contribution < -0.4 is 10.1 Å². The lowest BCUT2D eigenvalue weighted by molar-refractivity contribution is -0.138. The van der Waals surface area contributed by atoms with Crippen molar-refractivity contribution in [2.45, 2.75) is 45.7 Å². The third-order valence-electron chi connectivity index (χ3n) is 5.51. The van der Waals surface area contributed by atoms with Crippen LogP contribution in [0.4, 0.5) is 0 Å². The van der Waals surface area contributed by atoms with Gasteiger partial charge in [0.25, 0.3) is 0 Å². The van der Waals surface area contributed by atoms with Crippen molar-refractivity contribution >= 4 is 23.4 Å². The van der Waals surface area contributed by atoms with E-state index in [0.29, 0.717) is 30.3 Å². The number of benzene rings is 2. The molecule has 0 saturated carbocycles. The average Bonchev–Trinajstić information content (AvgIpc) is 3.49. The molecule has 1 N–H and O–H groups in total. The van der Waals surface area contributed by atoms with E-state index in [-0.39, 0.29) is 18.2 Å². The molecule has 1 atom stereocenters. The largest absolute Gasteiger partial charge is 0.497 e. The zero-order valence-corrected chi connectivity index (χ0v) is 20.5. The van der Waals surface area contributed by atoms with Gasteiger partial charge in [-0.1, -0.05) is 46.6 Å². The summed E-state index contributed by atoms with van der Waals surface area (Å²) >= 11 is 5.86. The van der Waals surface area contributed by atoms with Crippen LogP contribution in [0.5, 0.6) is 5.75 Å². The first-order valence-corrected chi connectivity index (χ1v) is 11.6. The molecule has 180 valence electrons. The van der Waals surface area contributed by atoms with E-state index >= 15 is 0 Å². The lowest BCUT2D eigenvalue weighted by Crippen LogP contribution is -2.46. The standard InChI is InChI=1S/C18H20ClN3O3.C8H10O/c1-12-9-15(25-21-12)10-17(23)22-8-2-3-16(22)18(24)20-11-13-4-6-14(19)7-5-13;1-7-3-5-8(9-2)6-4-7/h4-7,9,16H,2-3,8,10-11H2,1H3,(H,20,24);3-6H,1-2H3. The molecule has 3 aromatic rings. The van der Waals surface area contributed by atoms with Crippen LogP contribution in [0.2, 0.25) is 5.02 Å². The second kappa shape index (κ2) is 12.2. The van der Waals surface area contributed by atoms with Crippen molar-refractivity contribution in [3.63, 3.8) is 0 Å². The fourth-order valence-corrected chi connectivity index (χ4v) is 3.80. The van der Waals surface area contributed by atoms with Gasteiger partial charge in [0.2, 0.25) is 11.8 Å². The number of ether oxygens (including phenoxy) is 1. The Kier molecular flexibility index (Phi) is 9.10. The molecule has 1 saturated heterocycles. The summed E-state index contributed by atoms with van der Waals surface area (Å²) in [7, 11) is 1.67. The van der Waals surface area contributed by atoms with Crippen molar-refractivity contribution in [3.8, 4) is 5.75 Å². The van der Waals surface area contributed by atoms with E-state index in [1.165, 1.54) is 5.56 Å². The Hall–Kier alpha value is -3.32. The highest BCUT2D eigenvalue weighted by atomic mass is 35.5. The van der Waals surface area contributed by atoms with E-state index in [1.54, 1.807) is 37.1 Å². The number of hydrogen-bond acceptors (Lipinski definition) is 5. The maximum absolute atomic E-state index is 12.5. The van der Waals surface area contributed by atoms with Gasteiger partial charge in [0.15, 0.2) is 0 Å². The number of methoxy groups -OCH3 is 1. The van der Waals surface area contributed by atoms with Crippen LogP contribution in [-0.2, 0) is 22.6 Å². The molecule has 8 heteroatoms. The zero-order valence-electron chi connectivity index (χ0n) is 19.7. The number of carbonyl (C=O) groups excluding carboxylic acids is 2. The molecule has 2 aromatic carbocycles. The van der Waals surface area contributed by atoms with Crippen molar-refractivity contribution in [1.29, 1.82) is 0 Å². The lowest BCUT2D eigenvalue weighted by atomic mass is 10.1. The second-order valence-electron chi connectivity index (χ2n) is 8.22. The summed E-state index contributed by atoms with van der Waals surface area (Å²) in [6.07, 6.45) is 1.62. The predicted molar refractivity (Wildman–Crippen MR) is 131 cm³/mol. The molecule has 34 heavy (non-hydrogen) atoms. The SMILES string of the molecule is COc1ccc(C)cc1.Cc1cc(CC(=O)N2CCCC2C(=O)NCc2ccc(Cl)cc2)on1. The van der Waals surface area contributed by atoms with E-state index < -0.39 is 6.04 Å². The number of rotatable bonds is 6. The number of carbonyl (C=O) groups is 2. The van der Waals surface area contributed by atoms with E-state index in [9.17, 15) is 9.59 Å². The normalized spacial score (nSPS) is 14.8. The van der Waals surface area contributed by atoms with Gasteiger partial charge in [-0.05, 0) is 56.5 Å². The molecular weight excluding hydrogens is 454 g/mol. The third-order valence-corrected chi connectivity index (χ3v) is 5.77. The second-order valence-corrected chi connectivity index (χ2v) is 8.65. The molecule has 0 spiro atoms. The molecule has 7 nitrogen and oxygen atoms in total. The zero-order chi connectivity index (χ0) is 24.5. The maximum atomic E-state index is 12.5. The highest BCUT2D eigenvalue weighted by Crippen LogP contribution is 2.19. The molecule has 2 heterocycles. The molecule has 0 bridgehead atoms. The molecule has 1 fully saturated rings. The minimum atomic E-state index is -0.427. The molecule has 1 unspecified atom stereocenters. The summed E-state index contributed by atoms with van der Waals surface area (Å²) in [5, 5.41) is 7.34. The van der Waals surface area contributed by atoms with Crippen LogP contribution in [-0.4, -0.2) is 41.6 Å². The molecule has 1 aliphatic rings. The molecule has 0 aliphatic carbocycles. The van der Waals surface area contributed by atoms with Gasteiger partial charge in [-0.15, -0.1) is 0 Å². The first-order valence-electron chi connectivity index (χ1n) is 11.2. The van der Waals surface area contributed by atoms with Gasteiger partial charge in [0, 0.05) is 24.2 Å². The summed E-state index contributed by atoms with van der Waals surface area (Å²) in [4.78, 5) is 26.6. The van der Waals surface area contributed by atoms with Gasteiger partial charge in [-0.2, -0.15) is 0 Å². The van der Waals surface area contributed by atoms with E-state index in [1.807, 2.05) is 36.4 Å². The highest BCUT2D eigenvalue weighted by molar-refractivity contribution is 6.30. The highest BCUT2D eigenvalue weighted by Gasteiger charge is 2.34. The van der Waals surface area contributed by atoms with Crippen LogP contribution in [0.1, 0.15) is 35.4 Å². The Balaban J connectivity index is 0.000000302. The Morgan fingerprint density at radius 1 is 1.15 bits per heavy atom. The van der Waals surface area contributed by atoms with Crippen LogP contribution in [0.3, 0.4) is 0 Å². The Labute approximate surface area is 205 Å². The molecular formula is C26H30ClN3O4. The number of aromatic nitrogens is 1. The summed E-state index contributed by atoms with van der Waals surface area (Å²) in [5.74, 6) is 1.20. The smallest absolute Gasteiger partial charge is 0.243 e. The number of nitrogens with zero attached hydrogens (tertiary/aromatic N) is 2. The van der Waals surface area contributed by atoms with Gasteiger partial charge in [0.05, 0.1) is 19.2 Å². The van der Waals surface area contributed by atoms with Gasteiger partial charge >= 0.3 is 0 Å². The number of nitrogens with one attached hydrogen (secondary N) is 1. The van der Waals surface area contributed by atoms with Gasteiger partial charge in [-0.3, -0.25) is 9.59 Å².